The predicted molar refractivity (Wildman–Crippen MR) is 193 cm³/mol. The number of amides is 1. The van der Waals surface area contributed by atoms with Crippen molar-refractivity contribution in [2.75, 3.05) is 11.0 Å². The summed E-state index contributed by atoms with van der Waals surface area (Å²) in [7, 11) is -2.46. The first kappa shape index (κ1) is 37.8. The van der Waals surface area contributed by atoms with E-state index in [1.165, 1.54) is 42.1 Å². The van der Waals surface area contributed by atoms with Crippen molar-refractivity contribution < 1.29 is 39.6 Å². The lowest BCUT2D eigenvalue weighted by Gasteiger charge is -2.24. The van der Waals surface area contributed by atoms with Crippen LogP contribution in [0.1, 0.15) is 53.1 Å². The molecule has 12 nitrogen and oxygen atoms in total. The zero-order valence-electron chi connectivity index (χ0n) is 28.8. The molecule has 21 heteroatoms. The molecule has 0 aliphatic heterocycles. The maximum atomic E-state index is 15.4. The normalized spacial score (nSPS) is 17.7. The summed E-state index contributed by atoms with van der Waals surface area (Å²) in [6, 6.07) is 8.15. The zero-order valence-corrected chi connectivity index (χ0v) is 31.1. The van der Waals surface area contributed by atoms with Gasteiger partial charge in [0.15, 0.2) is 5.82 Å². The van der Waals surface area contributed by atoms with Crippen LogP contribution < -0.4 is 15.6 Å². The van der Waals surface area contributed by atoms with Crippen molar-refractivity contribution in [3.63, 3.8) is 0 Å². The van der Waals surface area contributed by atoms with Crippen molar-refractivity contribution in [1.82, 2.24) is 34.4 Å². The summed E-state index contributed by atoms with van der Waals surface area (Å²) in [5.74, 6) is -9.02. The molecule has 8 rings (SSSR count). The van der Waals surface area contributed by atoms with Crippen LogP contribution in [-0.4, -0.2) is 49.7 Å². The monoisotopic (exact) mass is 838 g/mol. The van der Waals surface area contributed by atoms with E-state index in [0.29, 0.717) is 10.7 Å². The van der Waals surface area contributed by atoms with Crippen LogP contribution in [0.5, 0.6) is 0 Å². The number of sulfonamides is 1. The average molecular weight is 840 g/mol. The molecule has 0 radical (unpaired) electrons. The summed E-state index contributed by atoms with van der Waals surface area (Å²) >= 11 is 13.1. The molecule has 6 aromatic rings. The van der Waals surface area contributed by atoms with E-state index >= 15 is 8.78 Å². The fraction of sp³-hybridized carbons (Fsp3) is 0.286. The number of carbonyl (C=O) groups is 1. The summed E-state index contributed by atoms with van der Waals surface area (Å²) in [6.45, 7) is -0.977. The maximum absolute atomic E-state index is 15.4. The van der Waals surface area contributed by atoms with Crippen LogP contribution in [0.3, 0.4) is 0 Å². The van der Waals surface area contributed by atoms with Gasteiger partial charge in [0, 0.05) is 31.0 Å². The van der Waals surface area contributed by atoms with Crippen LogP contribution in [0, 0.1) is 17.6 Å². The number of fused-ring (bicyclic) bond motifs is 5. The molecular formula is C35H26Cl2F6N8O4S. The van der Waals surface area contributed by atoms with Gasteiger partial charge < -0.3 is 5.32 Å². The predicted octanol–water partition coefficient (Wildman–Crippen LogP) is 6.67. The minimum Gasteiger partial charge on any atom is -0.344 e. The van der Waals surface area contributed by atoms with Crippen LogP contribution in [0.2, 0.25) is 10.0 Å². The highest BCUT2D eigenvalue weighted by Crippen LogP contribution is 2.68. The Morgan fingerprint density at radius 2 is 1.73 bits per heavy atom. The fourth-order valence-electron chi connectivity index (χ4n) is 7.58. The minimum absolute atomic E-state index is 0.000498. The Morgan fingerprint density at radius 3 is 2.41 bits per heavy atom. The Kier molecular flexibility index (Phi) is 8.92. The van der Waals surface area contributed by atoms with E-state index in [9.17, 15) is 35.6 Å². The van der Waals surface area contributed by atoms with Crippen LogP contribution in [-0.2, 0) is 40.8 Å². The quantitative estimate of drug-likeness (QED) is 0.147. The number of nitrogens with zero attached hydrogens (tertiary/aromatic N) is 6. The molecule has 0 bridgehead atoms. The number of carbonyl (C=O) groups excluding carboxylic acids is 1. The molecule has 0 spiro atoms. The molecule has 3 atom stereocenters. The maximum Gasteiger partial charge on any atom is 0.293 e. The van der Waals surface area contributed by atoms with Gasteiger partial charge in [0.1, 0.15) is 35.4 Å². The van der Waals surface area contributed by atoms with Crippen molar-refractivity contribution in [1.29, 1.82) is 0 Å². The highest BCUT2D eigenvalue weighted by atomic mass is 35.5. The van der Waals surface area contributed by atoms with Crippen LogP contribution in [0.25, 0.3) is 27.5 Å². The first-order chi connectivity index (χ1) is 26.3. The Labute approximate surface area is 322 Å². The van der Waals surface area contributed by atoms with Crippen LogP contribution >= 0.6 is 23.2 Å². The van der Waals surface area contributed by atoms with Gasteiger partial charge in [0.2, 0.25) is 15.9 Å². The zero-order chi connectivity index (χ0) is 40.2. The molecular weight excluding hydrogens is 813 g/mol. The SMILES string of the molecule is Cn1nc(NS(C)(=O)=O)c2c(Cl)ccc(-n3c([C@H](Cc4cc(F)cc(F)c4)NC(=O)Cn4nc(C(F)F)c5c4C(F)(F)[C@@H]4C[C@H]54)nc4cccc(Cl)c4c3=O)c21. The van der Waals surface area contributed by atoms with Crippen LogP contribution in [0.4, 0.5) is 32.2 Å². The van der Waals surface area contributed by atoms with E-state index < -0.39 is 87.7 Å². The second-order valence-electron chi connectivity index (χ2n) is 13.7. The molecule has 0 unspecified atom stereocenters. The number of hydrogen-bond acceptors (Lipinski definition) is 7. The van der Waals surface area contributed by atoms with E-state index in [4.69, 9.17) is 23.2 Å². The number of anilines is 1. The number of benzene rings is 3. The third kappa shape index (κ3) is 6.34. The van der Waals surface area contributed by atoms with Gasteiger partial charge in [0.05, 0.1) is 49.8 Å². The molecule has 1 saturated carbocycles. The smallest absolute Gasteiger partial charge is 0.293 e. The highest BCUT2D eigenvalue weighted by Gasteiger charge is 2.67. The van der Waals surface area contributed by atoms with Crippen molar-refractivity contribution in [3.8, 4) is 5.69 Å². The summed E-state index contributed by atoms with van der Waals surface area (Å²) < 4.78 is 117. The average Bonchev–Trinajstić information content (AvgIpc) is 3.63. The van der Waals surface area contributed by atoms with Crippen molar-refractivity contribution in [3.05, 3.63) is 109 Å². The molecule has 1 fully saturated rings. The molecule has 2 N–H and O–H groups in total. The number of hydrogen-bond donors (Lipinski definition) is 2. The lowest BCUT2D eigenvalue weighted by Crippen LogP contribution is -2.38. The van der Waals surface area contributed by atoms with Crippen molar-refractivity contribution in [2.45, 2.75) is 43.7 Å². The Balaban J connectivity index is 1.32. The standard InChI is InChI=1S/C35H26Cl2F6N8O4S/c1-49-29-23(7-6-20(37)27(29)32(47-49)48-56(2,54)55)51-33(45-21-5-3-4-19(36)26(21)34(51)53)22(10-14-8-15(38)11-16(39)9-14)44-24(52)13-50-30-25(28(46-50)31(40)41)17-12-18(17)35(30,42)43/h3-9,11,17-18,22,31H,10,12-13H2,1-2H3,(H,44,52)(H,47,48)/t17-,18+,22-/m0/s1. The van der Waals surface area contributed by atoms with E-state index in [2.05, 4.69) is 25.2 Å². The van der Waals surface area contributed by atoms with Crippen LogP contribution in [0.15, 0.2) is 53.3 Å². The first-order valence-electron chi connectivity index (χ1n) is 16.7. The molecule has 3 aromatic carbocycles. The second-order valence-corrected chi connectivity index (χ2v) is 16.2. The van der Waals surface area contributed by atoms with E-state index in [1.807, 2.05) is 0 Å². The van der Waals surface area contributed by atoms with Gasteiger partial charge in [-0.05, 0) is 54.3 Å². The molecule has 292 valence electrons. The van der Waals surface area contributed by atoms with Crippen molar-refractivity contribution >= 4 is 66.8 Å². The summed E-state index contributed by atoms with van der Waals surface area (Å²) in [4.78, 5) is 33.3. The molecule has 3 heterocycles. The third-order valence-electron chi connectivity index (χ3n) is 9.78. The fourth-order valence-corrected chi connectivity index (χ4v) is 8.57. The molecule has 2 aliphatic carbocycles. The van der Waals surface area contributed by atoms with Gasteiger partial charge >= 0.3 is 0 Å². The van der Waals surface area contributed by atoms with Gasteiger partial charge in [-0.2, -0.15) is 19.0 Å². The van der Waals surface area contributed by atoms with E-state index in [1.54, 1.807) is 0 Å². The Hall–Kier alpha value is -5.14. The molecule has 3 aromatic heterocycles. The molecule has 1 amide bonds. The van der Waals surface area contributed by atoms with E-state index in [0.717, 1.165) is 23.0 Å². The lowest BCUT2D eigenvalue weighted by atomic mass is 10.0. The number of alkyl halides is 4. The summed E-state index contributed by atoms with van der Waals surface area (Å²) in [5.41, 5.74) is -2.66. The number of nitrogens with one attached hydrogen (secondary N) is 2. The Morgan fingerprint density at radius 1 is 1.04 bits per heavy atom. The molecule has 0 saturated heterocycles. The second kappa shape index (κ2) is 13.2. The topological polar surface area (TPSA) is 146 Å². The summed E-state index contributed by atoms with van der Waals surface area (Å²) in [6.07, 6.45) is -2.76. The highest BCUT2D eigenvalue weighted by molar-refractivity contribution is 7.92. The third-order valence-corrected chi connectivity index (χ3v) is 11.0. The van der Waals surface area contributed by atoms with Gasteiger partial charge in [-0.15, -0.1) is 0 Å². The first-order valence-corrected chi connectivity index (χ1v) is 19.3. The van der Waals surface area contributed by atoms with Gasteiger partial charge in [-0.3, -0.25) is 28.2 Å². The van der Waals surface area contributed by atoms with Gasteiger partial charge in [0.25, 0.3) is 17.9 Å². The largest absolute Gasteiger partial charge is 0.344 e. The lowest BCUT2D eigenvalue weighted by molar-refractivity contribution is -0.123. The number of aryl methyl sites for hydroxylation is 1. The number of aromatic nitrogens is 6. The minimum atomic E-state index is -3.90. The molecule has 56 heavy (non-hydrogen) atoms. The summed E-state index contributed by atoms with van der Waals surface area (Å²) in [5, 5.41) is 10.5. The molecule has 2 aliphatic rings. The Bertz CT molecular complexity index is 2810. The van der Waals surface area contributed by atoms with Crippen molar-refractivity contribution in [2.24, 2.45) is 13.0 Å². The number of rotatable bonds is 10. The van der Waals surface area contributed by atoms with Gasteiger partial charge in [-0.1, -0.05) is 29.3 Å². The van der Waals surface area contributed by atoms with Gasteiger partial charge in [-0.25, -0.2) is 31.0 Å². The van der Waals surface area contributed by atoms with E-state index in [-0.39, 0.29) is 66.7 Å². The number of halogens is 8.